The Balaban J connectivity index is 2.01. The Kier molecular flexibility index (Phi) is 2.95. The molecule has 0 saturated heterocycles. The molecular formula is C11H9NO5. The normalized spacial score (nSPS) is 10.1. The van der Waals surface area contributed by atoms with E-state index in [-0.39, 0.29) is 18.1 Å². The second-order valence-electron chi connectivity index (χ2n) is 3.24. The van der Waals surface area contributed by atoms with E-state index in [0.717, 1.165) is 0 Å². The quantitative estimate of drug-likeness (QED) is 0.837. The van der Waals surface area contributed by atoms with Crippen LogP contribution in [0.5, 0.6) is 0 Å². The minimum Gasteiger partial charge on any atom is -0.475 e. The van der Waals surface area contributed by atoms with Crippen LogP contribution in [0.1, 0.15) is 26.7 Å². The summed E-state index contributed by atoms with van der Waals surface area (Å²) in [5.41, 5.74) is 0.400. The number of carbonyl (C=O) groups is 2. The Labute approximate surface area is 95.8 Å². The van der Waals surface area contributed by atoms with E-state index < -0.39 is 11.9 Å². The summed E-state index contributed by atoms with van der Waals surface area (Å²) in [4.78, 5) is 22.2. The first kappa shape index (κ1) is 11.0. The molecule has 0 bridgehead atoms. The van der Waals surface area contributed by atoms with Gasteiger partial charge in [0, 0.05) is 12.1 Å². The van der Waals surface area contributed by atoms with Gasteiger partial charge in [-0.3, -0.25) is 4.79 Å². The molecule has 88 valence electrons. The number of hydrogen-bond acceptors (Lipinski definition) is 4. The molecule has 0 atom stereocenters. The molecule has 0 aliphatic heterocycles. The number of amides is 1. The standard InChI is InChI=1S/C11H9NO5/c13-10(8-2-1-4-16-8)12-6-7-3-5-17-9(7)11(14)15/h1-5H,6H2,(H,12,13)(H,14,15). The molecule has 0 radical (unpaired) electrons. The summed E-state index contributed by atoms with van der Waals surface area (Å²) in [5, 5.41) is 11.3. The summed E-state index contributed by atoms with van der Waals surface area (Å²) in [5.74, 6) is -1.58. The van der Waals surface area contributed by atoms with Gasteiger partial charge >= 0.3 is 5.97 Å². The van der Waals surface area contributed by atoms with Crippen molar-refractivity contribution in [2.45, 2.75) is 6.54 Å². The monoisotopic (exact) mass is 235 g/mol. The Morgan fingerprint density at radius 2 is 2.06 bits per heavy atom. The highest BCUT2D eigenvalue weighted by atomic mass is 16.4. The van der Waals surface area contributed by atoms with Gasteiger partial charge in [-0.2, -0.15) is 0 Å². The number of carboxylic acids is 1. The summed E-state index contributed by atoms with van der Waals surface area (Å²) >= 11 is 0. The highest BCUT2D eigenvalue weighted by Crippen LogP contribution is 2.10. The highest BCUT2D eigenvalue weighted by Gasteiger charge is 2.15. The smallest absolute Gasteiger partial charge is 0.372 e. The van der Waals surface area contributed by atoms with Crippen LogP contribution in [0.2, 0.25) is 0 Å². The summed E-state index contributed by atoms with van der Waals surface area (Å²) in [6.45, 7) is 0.0671. The first-order valence-electron chi connectivity index (χ1n) is 4.80. The molecule has 6 heteroatoms. The zero-order chi connectivity index (χ0) is 12.3. The van der Waals surface area contributed by atoms with Crippen LogP contribution in [0.15, 0.2) is 39.6 Å². The topological polar surface area (TPSA) is 92.7 Å². The molecule has 0 spiro atoms. The predicted octanol–water partition coefficient (Wildman–Crippen LogP) is 1.50. The van der Waals surface area contributed by atoms with E-state index in [2.05, 4.69) is 5.32 Å². The molecule has 0 fully saturated rings. The zero-order valence-corrected chi connectivity index (χ0v) is 8.67. The van der Waals surface area contributed by atoms with Crippen LogP contribution in [0.25, 0.3) is 0 Å². The van der Waals surface area contributed by atoms with Crippen LogP contribution >= 0.6 is 0 Å². The number of rotatable bonds is 4. The average Bonchev–Trinajstić information content (AvgIpc) is 2.96. The van der Waals surface area contributed by atoms with Crippen molar-refractivity contribution in [2.75, 3.05) is 0 Å². The van der Waals surface area contributed by atoms with Gasteiger partial charge in [0.2, 0.25) is 5.76 Å². The molecule has 17 heavy (non-hydrogen) atoms. The highest BCUT2D eigenvalue weighted by molar-refractivity contribution is 5.91. The molecule has 1 amide bonds. The summed E-state index contributed by atoms with van der Waals surface area (Å²) in [6, 6.07) is 4.60. The third-order valence-electron chi connectivity index (χ3n) is 2.13. The van der Waals surface area contributed by atoms with E-state index in [9.17, 15) is 9.59 Å². The number of hydrogen-bond donors (Lipinski definition) is 2. The summed E-state index contributed by atoms with van der Waals surface area (Å²) < 4.78 is 9.67. The fourth-order valence-electron chi connectivity index (χ4n) is 1.33. The lowest BCUT2D eigenvalue weighted by atomic mass is 10.2. The first-order valence-corrected chi connectivity index (χ1v) is 4.80. The number of carboxylic acid groups (broad SMARTS) is 1. The SMILES string of the molecule is O=C(NCc1ccoc1C(=O)O)c1ccco1. The molecule has 6 nitrogen and oxygen atoms in total. The molecule has 0 unspecified atom stereocenters. The van der Waals surface area contributed by atoms with Gasteiger partial charge in [0.05, 0.1) is 12.5 Å². The Hall–Kier alpha value is -2.50. The minimum atomic E-state index is -1.17. The van der Waals surface area contributed by atoms with Crippen LogP contribution in [-0.2, 0) is 6.54 Å². The Morgan fingerprint density at radius 1 is 1.24 bits per heavy atom. The minimum absolute atomic E-state index is 0.0671. The van der Waals surface area contributed by atoms with E-state index in [1.54, 1.807) is 6.07 Å². The predicted molar refractivity (Wildman–Crippen MR) is 55.5 cm³/mol. The number of aromatic carboxylic acids is 1. The van der Waals surface area contributed by atoms with Gasteiger partial charge < -0.3 is 19.3 Å². The van der Waals surface area contributed by atoms with Crippen LogP contribution in [0.4, 0.5) is 0 Å². The molecule has 0 aromatic carbocycles. The average molecular weight is 235 g/mol. The lowest BCUT2D eigenvalue weighted by Crippen LogP contribution is -2.22. The maximum absolute atomic E-state index is 11.5. The molecule has 2 heterocycles. The summed E-state index contributed by atoms with van der Waals surface area (Å²) in [6.07, 6.45) is 2.65. The third kappa shape index (κ3) is 2.36. The van der Waals surface area contributed by atoms with Crippen molar-refractivity contribution < 1.29 is 23.5 Å². The van der Waals surface area contributed by atoms with Gasteiger partial charge in [0.1, 0.15) is 0 Å². The summed E-state index contributed by atoms with van der Waals surface area (Å²) in [7, 11) is 0. The lowest BCUT2D eigenvalue weighted by Gasteiger charge is -2.01. The first-order chi connectivity index (χ1) is 8.18. The molecule has 0 aliphatic rings. The van der Waals surface area contributed by atoms with E-state index in [4.69, 9.17) is 13.9 Å². The van der Waals surface area contributed by atoms with Crippen molar-refractivity contribution in [2.24, 2.45) is 0 Å². The molecule has 2 N–H and O–H groups in total. The zero-order valence-electron chi connectivity index (χ0n) is 8.67. The fourth-order valence-corrected chi connectivity index (χ4v) is 1.33. The second kappa shape index (κ2) is 4.56. The van der Waals surface area contributed by atoms with Crippen LogP contribution in [0, 0.1) is 0 Å². The van der Waals surface area contributed by atoms with Gasteiger partial charge in [-0.15, -0.1) is 0 Å². The van der Waals surface area contributed by atoms with Crippen molar-refractivity contribution in [1.29, 1.82) is 0 Å². The molecular weight excluding hydrogens is 226 g/mol. The lowest BCUT2D eigenvalue weighted by molar-refractivity contribution is 0.0659. The van der Waals surface area contributed by atoms with Crippen LogP contribution < -0.4 is 5.32 Å². The number of carbonyl (C=O) groups excluding carboxylic acids is 1. The second-order valence-corrected chi connectivity index (χ2v) is 3.24. The Bertz CT molecular complexity index is 526. The van der Waals surface area contributed by atoms with E-state index in [0.29, 0.717) is 5.56 Å². The molecule has 0 aliphatic carbocycles. The van der Waals surface area contributed by atoms with Gasteiger partial charge in [0.25, 0.3) is 5.91 Å². The molecule has 0 saturated carbocycles. The van der Waals surface area contributed by atoms with Gasteiger partial charge in [-0.25, -0.2) is 4.79 Å². The molecule has 2 rings (SSSR count). The van der Waals surface area contributed by atoms with Crippen molar-refractivity contribution in [1.82, 2.24) is 5.32 Å². The fraction of sp³-hybridized carbons (Fsp3) is 0.0909. The van der Waals surface area contributed by atoms with E-state index in [1.165, 1.54) is 24.7 Å². The maximum Gasteiger partial charge on any atom is 0.372 e. The van der Waals surface area contributed by atoms with Crippen molar-refractivity contribution in [3.63, 3.8) is 0 Å². The van der Waals surface area contributed by atoms with Crippen LogP contribution in [0.3, 0.4) is 0 Å². The van der Waals surface area contributed by atoms with Crippen molar-refractivity contribution in [3.8, 4) is 0 Å². The van der Waals surface area contributed by atoms with Crippen molar-refractivity contribution in [3.05, 3.63) is 47.8 Å². The number of nitrogens with one attached hydrogen (secondary N) is 1. The van der Waals surface area contributed by atoms with Crippen LogP contribution in [-0.4, -0.2) is 17.0 Å². The van der Waals surface area contributed by atoms with E-state index in [1.807, 2.05) is 0 Å². The molecule has 2 aromatic heterocycles. The van der Waals surface area contributed by atoms with Gasteiger partial charge in [0.15, 0.2) is 5.76 Å². The third-order valence-corrected chi connectivity index (χ3v) is 2.13. The number of furan rings is 2. The van der Waals surface area contributed by atoms with Gasteiger partial charge in [-0.1, -0.05) is 0 Å². The molecule has 2 aromatic rings. The maximum atomic E-state index is 11.5. The van der Waals surface area contributed by atoms with E-state index >= 15 is 0 Å². The largest absolute Gasteiger partial charge is 0.475 e. The Morgan fingerprint density at radius 3 is 2.71 bits per heavy atom. The van der Waals surface area contributed by atoms with Gasteiger partial charge in [-0.05, 0) is 18.2 Å². The van der Waals surface area contributed by atoms with Crippen molar-refractivity contribution >= 4 is 11.9 Å².